The van der Waals surface area contributed by atoms with Crippen molar-refractivity contribution in [2.24, 2.45) is 11.7 Å². The number of nitrogens with two attached hydrogens (primary N) is 1. The van der Waals surface area contributed by atoms with Crippen molar-refractivity contribution in [2.45, 2.75) is 26.8 Å². The van der Waals surface area contributed by atoms with Crippen molar-refractivity contribution in [3.63, 3.8) is 0 Å². The van der Waals surface area contributed by atoms with Crippen LogP contribution in [-0.2, 0) is 14.4 Å². The van der Waals surface area contributed by atoms with Gasteiger partial charge in [0.2, 0.25) is 5.91 Å². The molecule has 0 aliphatic heterocycles. The van der Waals surface area contributed by atoms with E-state index < -0.39 is 17.9 Å². The molecule has 0 saturated heterocycles. The fourth-order valence-electron chi connectivity index (χ4n) is 1.48. The largest absolute Gasteiger partial charge is 0.480 e. The molecule has 0 saturated carbocycles. The van der Waals surface area contributed by atoms with Crippen LogP contribution in [0.4, 0.5) is 0 Å². The molecular formula is C13H20N4O4. The fourth-order valence-corrected chi connectivity index (χ4v) is 1.48. The van der Waals surface area contributed by atoms with Crippen LogP contribution >= 0.6 is 0 Å². The van der Waals surface area contributed by atoms with Crippen molar-refractivity contribution >= 4 is 17.8 Å². The second-order valence-corrected chi connectivity index (χ2v) is 4.69. The van der Waals surface area contributed by atoms with Crippen LogP contribution in [0, 0.1) is 17.2 Å². The zero-order valence-electron chi connectivity index (χ0n) is 12.3. The molecule has 0 bridgehead atoms. The van der Waals surface area contributed by atoms with Gasteiger partial charge in [-0.05, 0) is 5.92 Å². The van der Waals surface area contributed by atoms with Crippen LogP contribution in [-0.4, -0.2) is 46.9 Å². The average molecular weight is 296 g/mol. The number of hydrogen-bond acceptors (Lipinski definition) is 5. The molecule has 0 heterocycles. The molecule has 0 aromatic carbocycles. The summed E-state index contributed by atoms with van der Waals surface area (Å²) in [7, 11) is 0. The molecule has 0 radical (unpaired) electrons. The zero-order valence-corrected chi connectivity index (χ0v) is 12.3. The van der Waals surface area contributed by atoms with E-state index in [1.54, 1.807) is 19.9 Å². The van der Waals surface area contributed by atoms with E-state index in [2.05, 4.69) is 5.32 Å². The van der Waals surface area contributed by atoms with Gasteiger partial charge in [0.25, 0.3) is 5.91 Å². The number of carboxylic acids is 1. The van der Waals surface area contributed by atoms with E-state index in [0.717, 1.165) is 11.1 Å². The number of nitrogens with one attached hydrogen (secondary N) is 1. The predicted molar refractivity (Wildman–Crippen MR) is 74.5 cm³/mol. The van der Waals surface area contributed by atoms with Crippen LogP contribution in [0.1, 0.15) is 20.8 Å². The molecule has 0 aromatic heterocycles. The topological polar surface area (TPSA) is 137 Å². The van der Waals surface area contributed by atoms with Crippen LogP contribution < -0.4 is 11.1 Å². The van der Waals surface area contributed by atoms with Crippen molar-refractivity contribution in [2.75, 3.05) is 13.1 Å². The number of rotatable bonds is 7. The molecule has 4 N–H and O–H groups in total. The van der Waals surface area contributed by atoms with Crippen LogP contribution in [0.3, 0.4) is 0 Å². The Morgan fingerprint density at radius 1 is 1.43 bits per heavy atom. The molecule has 0 spiro atoms. The standard InChI is InChI=1S/C13H20N4O4/c1-8(2)11(13(20)21)16-12(19)10(6-15)7-17(5-4-14)9(3)18/h7-8,11H,4-5,14H2,1-3H3,(H,16,19)(H,20,21)/b10-7-. The summed E-state index contributed by atoms with van der Waals surface area (Å²) in [5, 5.41) is 20.2. The normalized spacial score (nSPS) is 12.5. The van der Waals surface area contributed by atoms with Gasteiger partial charge in [0.05, 0.1) is 0 Å². The number of nitriles is 1. The third kappa shape index (κ3) is 6.05. The first-order chi connectivity index (χ1) is 9.74. The summed E-state index contributed by atoms with van der Waals surface area (Å²) in [5.41, 5.74) is 4.98. The summed E-state index contributed by atoms with van der Waals surface area (Å²) >= 11 is 0. The van der Waals surface area contributed by atoms with Crippen molar-refractivity contribution in [3.8, 4) is 6.07 Å². The number of carbonyl (C=O) groups is 3. The fraction of sp³-hybridized carbons (Fsp3) is 0.538. The molecule has 0 aliphatic carbocycles. The molecule has 21 heavy (non-hydrogen) atoms. The monoisotopic (exact) mass is 296 g/mol. The molecule has 2 amide bonds. The lowest BCUT2D eigenvalue weighted by molar-refractivity contribution is -0.142. The Morgan fingerprint density at radius 2 is 2.00 bits per heavy atom. The molecule has 1 atom stereocenters. The first-order valence-electron chi connectivity index (χ1n) is 6.37. The Labute approximate surface area is 123 Å². The van der Waals surface area contributed by atoms with Gasteiger partial charge in [-0.2, -0.15) is 5.26 Å². The summed E-state index contributed by atoms with van der Waals surface area (Å²) in [6, 6.07) is 0.534. The van der Waals surface area contributed by atoms with Gasteiger partial charge < -0.3 is 21.1 Å². The molecule has 8 nitrogen and oxygen atoms in total. The number of nitrogens with zero attached hydrogens (tertiary/aromatic N) is 2. The van der Waals surface area contributed by atoms with E-state index in [4.69, 9.17) is 16.1 Å². The molecule has 0 aliphatic rings. The molecule has 0 aromatic rings. The molecule has 0 rings (SSSR count). The highest BCUT2D eigenvalue weighted by Crippen LogP contribution is 2.05. The minimum Gasteiger partial charge on any atom is -0.480 e. The maximum absolute atomic E-state index is 11.9. The second kappa shape index (κ2) is 8.71. The maximum Gasteiger partial charge on any atom is 0.326 e. The van der Waals surface area contributed by atoms with Crippen LogP contribution in [0.2, 0.25) is 0 Å². The molecule has 0 fully saturated rings. The van der Waals surface area contributed by atoms with Gasteiger partial charge in [-0.15, -0.1) is 0 Å². The van der Waals surface area contributed by atoms with Crippen LogP contribution in [0.5, 0.6) is 0 Å². The van der Waals surface area contributed by atoms with Gasteiger partial charge >= 0.3 is 5.97 Å². The smallest absolute Gasteiger partial charge is 0.326 e. The van der Waals surface area contributed by atoms with Crippen molar-refractivity contribution < 1.29 is 19.5 Å². The molecule has 116 valence electrons. The van der Waals surface area contributed by atoms with Gasteiger partial charge in [-0.25, -0.2) is 4.79 Å². The van der Waals surface area contributed by atoms with Crippen molar-refractivity contribution in [1.82, 2.24) is 10.2 Å². The second-order valence-electron chi connectivity index (χ2n) is 4.69. The first-order valence-corrected chi connectivity index (χ1v) is 6.37. The summed E-state index contributed by atoms with van der Waals surface area (Å²) in [6.07, 6.45) is 1.07. The molecular weight excluding hydrogens is 276 g/mol. The summed E-state index contributed by atoms with van der Waals surface area (Å²) in [5.74, 6) is -2.76. The van der Waals surface area contributed by atoms with E-state index in [-0.39, 0.29) is 30.5 Å². The van der Waals surface area contributed by atoms with E-state index in [9.17, 15) is 14.4 Å². The molecule has 8 heteroatoms. The number of carboxylic acid groups (broad SMARTS) is 1. The Kier molecular flexibility index (Phi) is 7.71. The Balaban J connectivity index is 5.18. The van der Waals surface area contributed by atoms with Crippen LogP contribution in [0.25, 0.3) is 0 Å². The minimum atomic E-state index is -1.19. The third-order valence-corrected chi connectivity index (χ3v) is 2.64. The quantitative estimate of drug-likeness (QED) is 0.425. The van der Waals surface area contributed by atoms with Gasteiger partial charge in [0.1, 0.15) is 17.7 Å². The highest BCUT2D eigenvalue weighted by Gasteiger charge is 2.25. The number of carbonyl (C=O) groups excluding carboxylic acids is 2. The Morgan fingerprint density at radius 3 is 2.33 bits per heavy atom. The summed E-state index contributed by atoms with van der Waals surface area (Å²) in [6.45, 7) is 4.85. The first kappa shape index (κ1) is 18.6. The highest BCUT2D eigenvalue weighted by molar-refractivity contribution is 5.99. The maximum atomic E-state index is 11.9. The number of hydrogen-bond donors (Lipinski definition) is 3. The lowest BCUT2D eigenvalue weighted by atomic mass is 10.0. The van der Waals surface area contributed by atoms with Gasteiger partial charge in [-0.1, -0.05) is 13.8 Å². The van der Waals surface area contributed by atoms with Crippen molar-refractivity contribution in [1.29, 1.82) is 5.26 Å². The Hall–Kier alpha value is -2.40. The van der Waals surface area contributed by atoms with Gasteiger partial charge in [0, 0.05) is 26.2 Å². The van der Waals surface area contributed by atoms with E-state index >= 15 is 0 Å². The summed E-state index contributed by atoms with van der Waals surface area (Å²) < 4.78 is 0. The van der Waals surface area contributed by atoms with E-state index in [1.807, 2.05) is 0 Å². The number of aliphatic carboxylic acids is 1. The third-order valence-electron chi connectivity index (χ3n) is 2.64. The van der Waals surface area contributed by atoms with Gasteiger partial charge in [0.15, 0.2) is 0 Å². The zero-order chi connectivity index (χ0) is 16.6. The lowest BCUT2D eigenvalue weighted by Gasteiger charge is -2.19. The number of amides is 2. The predicted octanol–water partition coefficient (Wildman–Crippen LogP) is -0.574. The Bertz CT molecular complexity index is 479. The average Bonchev–Trinajstić information content (AvgIpc) is 2.39. The van der Waals surface area contributed by atoms with Gasteiger partial charge in [-0.3, -0.25) is 9.59 Å². The molecule has 1 unspecified atom stereocenters. The minimum absolute atomic E-state index is 0.153. The lowest BCUT2D eigenvalue weighted by Crippen LogP contribution is -2.45. The van der Waals surface area contributed by atoms with Crippen LogP contribution in [0.15, 0.2) is 11.8 Å². The van der Waals surface area contributed by atoms with Crippen molar-refractivity contribution in [3.05, 3.63) is 11.8 Å². The summed E-state index contributed by atoms with van der Waals surface area (Å²) in [4.78, 5) is 35.4. The SMILES string of the molecule is CC(=O)N(/C=C(/C#N)C(=O)NC(C(=O)O)C(C)C)CCN. The van der Waals surface area contributed by atoms with E-state index in [1.165, 1.54) is 6.92 Å². The van der Waals surface area contributed by atoms with E-state index in [0.29, 0.717) is 0 Å². The highest BCUT2D eigenvalue weighted by atomic mass is 16.4.